The van der Waals surface area contributed by atoms with Gasteiger partial charge in [-0.05, 0) is 12.1 Å². The summed E-state index contributed by atoms with van der Waals surface area (Å²) >= 11 is 0. The van der Waals surface area contributed by atoms with E-state index in [-0.39, 0.29) is 17.5 Å². The lowest BCUT2D eigenvalue weighted by Crippen LogP contribution is -2.26. The molecule has 1 aliphatic heterocycles. The molecule has 1 unspecified atom stereocenters. The van der Waals surface area contributed by atoms with Gasteiger partial charge in [-0.25, -0.2) is 9.78 Å². The van der Waals surface area contributed by atoms with Crippen molar-refractivity contribution in [2.24, 2.45) is 5.92 Å². The molecule has 92 valence electrons. The summed E-state index contributed by atoms with van der Waals surface area (Å²) in [5, 5.41) is 0. The van der Waals surface area contributed by atoms with Crippen molar-refractivity contribution >= 4 is 17.7 Å². The molecule has 5 heteroatoms. The highest BCUT2D eigenvalue weighted by Gasteiger charge is 2.30. The Hall–Kier alpha value is -2.35. The van der Waals surface area contributed by atoms with Gasteiger partial charge in [-0.2, -0.15) is 0 Å². The van der Waals surface area contributed by atoms with Crippen LogP contribution in [0.2, 0.25) is 0 Å². The lowest BCUT2D eigenvalue weighted by atomic mass is 10.1. The molecule has 1 atom stereocenters. The van der Waals surface area contributed by atoms with Crippen LogP contribution in [-0.2, 0) is 9.53 Å². The Labute approximate surface area is 105 Å². The maximum atomic E-state index is 11.8. The molecule has 1 aliphatic rings. The van der Waals surface area contributed by atoms with Crippen molar-refractivity contribution in [1.29, 1.82) is 0 Å². The summed E-state index contributed by atoms with van der Waals surface area (Å²) in [6.07, 6.45) is 5.63. The number of aromatic nitrogens is 1. The SMILES string of the molecule is C#CC1CC(=O)N(c2cccc(C(=O)OC)n2)C1. The Morgan fingerprint density at radius 1 is 1.61 bits per heavy atom. The number of pyridine rings is 1. The number of carbonyl (C=O) groups is 2. The Kier molecular flexibility index (Phi) is 3.28. The fourth-order valence-electron chi connectivity index (χ4n) is 1.83. The third-order valence-corrected chi connectivity index (χ3v) is 2.77. The molecule has 0 spiro atoms. The van der Waals surface area contributed by atoms with Gasteiger partial charge >= 0.3 is 5.97 Å². The van der Waals surface area contributed by atoms with E-state index >= 15 is 0 Å². The first-order valence-corrected chi connectivity index (χ1v) is 5.47. The first kappa shape index (κ1) is 12.1. The summed E-state index contributed by atoms with van der Waals surface area (Å²) in [7, 11) is 1.28. The maximum absolute atomic E-state index is 11.8. The molecule has 0 bridgehead atoms. The smallest absolute Gasteiger partial charge is 0.356 e. The fourth-order valence-corrected chi connectivity index (χ4v) is 1.83. The molecule has 0 saturated carbocycles. The number of amides is 1. The molecule has 2 rings (SSSR count). The van der Waals surface area contributed by atoms with Gasteiger partial charge in [-0.1, -0.05) is 6.07 Å². The van der Waals surface area contributed by atoms with E-state index < -0.39 is 5.97 Å². The van der Waals surface area contributed by atoms with Crippen molar-refractivity contribution in [1.82, 2.24) is 4.98 Å². The van der Waals surface area contributed by atoms with Gasteiger partial charge in [-0.3, -0.25) is 9.69 Å². The standard InChI is InChI=1S/C13H12N2O3/c1-3-9-7-12(16)15(8-9)11-6-4-5-10(14-11)13(17)18-2/h1,4-6,9H,7-8H2,2H3. The third kappa shape index (κ3) is 2.18. The van der Waals surface area contributed by atoms with Gasteiger partial charge in [0.1, 0.15) is 5.82 Å². The van der Waals surface area contributed by atoms with E-state index in [9.17, 15) is 9.59 Å². The summed E-state index contributed by atoms with van der Waals surface area (Å²) < 4.78 is 4.59. The highest BCUT2D eigenvalue weighted by molar-refractivity contribution is 5.96. The fraction of sp³-hybridized carbons (Fsp3) is 0.308. The average molecular weight is 244 g/mol. The first-order chi connectivity index (χ1) is 8.65. The Bertz CT molecular complexity index is 533. The van der Waals surface area contributed by atoms with Gasteiger partial charge in [0, 0.05) is 18.9 Å². The summed E-state index contributed by atoms with van der Waals surface area (Å²) in [6, 6.07) is 4.86. The van der Waals surface area contributed by atoms with E-state index in [0.29, 0.717) is 18.8 Å². The van der Waals surface area contributed by atoms with Gasteiger partial charge in [-0.15, -0.1) is 12.3 Å². The highest BCUT2D eigenvalue weighted by Crippen LogP contribution is 2.23. The normalized spacial score (nSPS) is 18.6. The van der Waals surface area contributed by atoms with Gasteiger partial charge in [0.05, 0.1) is 7.11 Å². The quantitative estimate of drug-likeness (QED) is 0.571. The molecule has 1 aromatic heterocycles. The average Bonchev–Trinajstić information content (AvgIpc) is 2.79. The molecular weight excluding hydrogens is 232 g/mol. The summed E-state index contributed by atoms with van der Waals surface area (Å²) in [5.41, 5.74) is 0.173. The predicted octanol–water partition coefficient (Wildman–Crippen LogP) is 0.854. The highest BCUT2D eigenvalue weighted by atomic mass is 16.5. The maximum Gasteiger partial charge on any atom is 0.356 e. The zero-order valence-electron chi connectivity index (χ0n) is 9.92. The van der Waals surface area contributed by atoms with Crippen LogP contribution in [0.15, 0.2) is 18.2 Å². The molecule has 1 aromatic rings. The van der Waals surface area contributed by atoms with Crippen LogP contribution in [0.5, 0.6) is 0 Å². The number of anilines is 1. The molecule has 1 fully saturated rings. The number of methoxy groups -OCH3 is 1. The van der Waals surface area contributed by atoms with Crippen molar-refractivity contribution in [2.45, 2.75) is 6.42 Å². The van der Waals surface area contributed by atoms with Crippen LogP contribution in [-0.4, -0.2) is 30.5 Å². The van der Waals surface area contributed by atoms with Crippen molar-refractivity contribution in [2.75, 3.05) is 18.6 Å². The number of terminal acetylenes is 1. The molecule has 0 N–H and O–H groups in total. The molecule has 0 aromatic carbocycles. The molecule has 0 radical (unpaired) electrons. The van der Waals surface area contributed by atoms with E-state index in [2.05, 4.69) is 15.6 Å². The van der Waals surface area contributed by atoms with Crippen molar-refractivity contribution in [3.05, 3.63) is 23.9 Å². The van der Waals surface area contributed by atoms with Gasteiger partial charge in [0.2, 0.25) is 5.91 Å². The minimum absolute atomic E-state index is 0.0764. The van der Waals surface area contributed by atoms with Crippen LogP contribution < -0.4 is 4.90 Å². The number of ether oxygens (including phenoxy) is 1. The number of rotatable bonds is 2. The van der Waals surface area contributed by atoms with E-state index in [0.717, 1.165) is 0 Å². The van der Waals surface area contributed by atoms with Gasteiger partial charge in [0.15, 0.2) is 5.69 Å². The van der Waals surface area contributed by atoms with E-state index in [4.69, 9.17) is 6.42 Å². The zero-order valence-corrected chi connectivity index (χ0v) is 9.92. The Balaban J connectivity index is 2.27. The van der Waals surface area contributed by atoms with E-state index in [1.54, 1.807) is 12.1 Å². The minimum Gasteiger partial charge on any atom is -0.464 e. The molecule has 5 nitrogen and oxygen atoms in total. The number of hydrogen-bond acceptors (Lipinski definition) is 4. The lowest BCUT2D eigenvalue weighted by Gasteiger charge is -2.15. The van der Waals surface area contributed by atoms with Gasteiger partial charge < -0.3 is 4.74 Å². The molecule has 0 aliphatic carbocycles. The molecule has 1 saturated heterocycles. The second-order valence-corrected chi connectivity index (χ2v) is 3.94. The first-order valence-electron chi connectivity index (χ1n) is 5.47. The van der Waals surface area contributed by atoms with Crippen LogP contribution in [0, 0.1) is 18.3 Å². The second-order valence-electron chi connectivity index (χ2n) is 3.94. The van der Waals surface area contributed by atoms with Crippen LogP contribution in [0.4, 0.5) is 5.82 Å². The van der Waals surface area contributed by atoms with Crippen molar-refractivity contribution < 1.29 is 14.3 Å². The van der Waals surface area contributed by atoms with Crippen molar-refractivity contribution in [3.8, 4) is 12.3 Å². The van der Waals surface area contributed by atoms with Crippen LogP contribution >= 0.6 is 0 Å². The minimum atomic E-state index is -0.531. The lowest BCUT2D eigenvalue weighted by molar-refractivity contribution is -0.117. The third-order valence-electron chi connectivity index (χ3n) is 2.77. The number of nitrogens with zero attached hydrogens (tertiary/aromatic N) is 2. The zero-order chi connectivity index (χ0) is 13.1. The van der Waals surface area contributed by atoms with Crippen LogP contribution in [0.3, 0.4) is 0 Å². The van der Waals surface area contributed by atoms with E-state index in [1.807, 2.05) is 0 Å². The van der Waals surface area contributed by atoms with Gasteiger partial charge in [0.25, 0.3) is 0 Å². The number of esters is 1. The summed E-state index contributed by atoms with van der Waals surface area (Å²) in [4.78, 5) is 28.7. The van der Waals surface area contributed by atoms with Crippen LogP contribution in [0.1, 0.15) is 16.9 Å². The van der Waals surface area contributed by atoms with Crippen molar-refractivity contribution in [3.63, 3.8) is 0 Å². The summed E-state index contributed by atoms with van der Waals surface area (Å²) in [5.74, 6) is 2.29. The Morgan fingerprint density at radius 2 is 2.39 bits per heavy atom. The number of hydrogen-bond donors (Lipinski definition) is 0. The Morgan fingerprint density at radius 3 is 3.00 bits per heavy atom. The monoisotopic (exact) mass is 244 g/mol. The molecule has 2 heterocycles. The summed E-state index contributed by atoms with van der Waals surface area (Å²) in [6.45, 7) is 0.437. The molecule has 18 heavy (non-hydrogen) atoms. The molecule has 1 amide bonds. The largest absolute Gasteiger partial charge is 0.464 e. The molecular formula is C13H12N2O3. The van der Waals surface area contributed by atoms with Crippen LogP contribution in [0.25, 0.3) is 0 Å². The predicted molar refractivity (Wildman–Crippen MR) is 64.9 cm³/mol. The number of carbonyl (C=O) groups excluding carboxylic acids is 2. The second kappa shape index (κ2) is 4.88. The topological polar surface area (TPSA) is 59.5 Å². The van der Waals surface area contributed by atoms with E-state index in [1.165, 1.54) is 18.1 Å².